The third kappa shape index (κ3) is 2.55. The number of rotatable bonds is 3. The van der Waals surface area contributed by atoms with Crippen LogP contribution < -0.4 is 0 Å². The minimum atomic E-state index is -3.52. The fourth-order valence-corrected chi connectivity index (χ4v) is 3.10. The SMILES string of the molecule is N#Cc1cnccc1S(=O)(=O)Cc1ccccc1. The van der Waals surface area contributed by atoms with Gasteiger partial charge in [0.25, 0.3) is 0 Å². The van der Waals surface area contributed by atoms with Gasteiger partial charge in [0.2, 0.25) is 0 Å². The molecule has 1 aromatic carbocycles. The van der Waals surface area contributed by atoms with Crippen molar-refractivity contribution in [3.05, 3.63) is 59.9 Å². The summed E-state index contributed by atoms with van der Waals surface area (Å²) in [4.78, 5) is 3.78. The minimum absolute atomic E-state index is 0.0313. The van der Waals surface area contributed by atoms with Gasteiger partial charge in [-0.15, -0.1) is 0 Å². The van der Waals surface area contributed by atoms with E-state index in [1.54, 1.807) is 24.3 Å². The van der Waals surface area contributed by atoms with Crippen molar-refractivity contribution >= 4 is 9.84 Å². The molecule has 90 valence electrons. The molecule has 0 fully saturated rings. The minimum Gasteiger partial charge on any atom is -0.263 e. The van der Waals surface area contributed by atoms with Crippen molar-refractivity contribution in [2.75, 3.05) is 0 Å². The second kappa shape index (κ2) is 4.98. The Kier molecular flexibility index (Phi) is 3.40. The van der Waals surface area contributed by atoms with Crippen molar-refractivity contribution < 1.29 is 8.42 Å². The van der Waals surface area contributed by atoms with Gasteiger partial charge in [-0.2, -0.15) is 5.26 Å². The van der Waals surface area contributed by atoms with Gasteiger partial charge in [0.05, 0.1) is 16.2 Å². The molecule has 1 aromatic heterocycles. The van der Waals surface area contributed by atoms with Crippen molar-refractivity contribution in [1.29, 1.82) is 5.26 Å². The lowest BCUT2D eigenvalue weighted by Crippen LogP contribution is -2.07. The highest BCUT2D eigenvalue weighted by atomic mass is 32.2. The molecule has 0 saturated carbocycles. The van der Waals surface area contributed by atoms with E-state index in [2.05, 4.69) is 4.98 Å². The summed E-state index contributed by atoms with van der Waals surface area (Å²) in [6, 6.07) is 12.1. The maximum Gasteiger partial charge on any atom is 0.183 e. The fourth-order valence-electron chi connectivity index (χ4n) is 1.61. The maximum absolute atomic E-state index is 12.2. The van der Waals surface area contributed by atoms with Crippen molar-refractivity contribution in [1.82, 2.24) is 4.98 Å². The van der Waals surface area contributed by atoms with Gasteiger partial charge in [0.15, 0.2) is 9.84 Å². The molecule has 0 N–H and O–H groups in total. The Morgan fingerprint density at radius 3 is 2.56 bits per heavy atom. The molecule has 5 heteroatoms. The predicted molar refractivity (Wildman–Crippen MR) is 66.3 cm³/mol. The van der Waals surface area contributed by atoms with Crippen LogP contribution in [0.25, 0.3) is 0 Å². The average molecular weight is 258 g/mol. The van der Waals surface area contributed by atoms with E-state index < -0.39 is 9.84 Å². The molecule has 0 aliphatic carbocycles. The van der Waals surface area contributed by atoms with Crippen LogP contribution in [0.5, 0.6) is 0 Å². The van der Waals surface area contributed by atoms with Crippen molar-refractivity contribution in [2.24, 2.45) is 0 Å². The predicted octanol–water partition coefficient (Wildman–Crippen LogP) is 1.93. The highest BCUT2D eigenvalue weighted by molar-refractivity contribution is 7.90. The van der Waals surface area contributed by atoms with E-state index in [1.807, 2.05) is 12.1 Å². The molecule has 18 heavy (non-hydrogen) atoms. The molecule has 0 saturated heterocycles. The van der Waals surface area contributed by atoms with E-state index in [4.69, 9.17) is 5.26 Å². The summed E-state index contributed by atoms with van der Waals surface area (Å²) >= 11 is 0. The monoisotopic (exact) mass is 258 g/mol. The second-order valence-electron chi connectivity index (χ2n) is 3.73. The van der Waals surface area contributed by atoms with E-state index in [-0.39, 0.29) is 16.2 Å². The lowest BCUT2D eigenvalue weighted by atomic mass is 10.2. The number of sulfone groups is 1. The second-order valence-corrected chi connectivity index (χ2v) is 5.69. The van der Waals surface area contributed by atoms with Crippen LogP contribution in [0.3, 0.4) is 0 Å². The number of hydrogen-bond donors (Lipinski definition) is 0. The van der Waals surface area contributed by atoms with Crippen LogP contribution in [0.2, 0.25) is 0 Å². The molecule has 0 aliphatic heterocycles. The van der Waals surface area contributed by atoms with Gasteiger partial charge in [0.1, 0.15) is 6.07 Å². The first-order valence-corrected chi connectivity index (χ1v) is 6.89. The van der Waals surface area contributed by atoms with Crippen LogP contribution in [-0.4, -0.2) is 13.4 Å². The molecule has 4 nitrogen and oxygen atoms in total. The summed E-state index contributed by atoms with van der Waals surface area (Å²) < 4.78 is 24.4. The highest BCUT2D eigenvalue weighted by Crippen LogP contribution is 2.18. The zero-order chi connectivity index (χ0) is 13.0. The molecule has 2 rings (SSSR count). The Morgan fingerprint density at radius 2 is 1.89 bits per heavy atom. The smallest absolute Gasteiger partial charge is 0.183 e. The molecule has 2 aromatic rings. The van der Waals surface area contributed by atoms with Gasteiger partial charge in [-0.25, -0.2) is 8.42 Å². The molecule has 0 unspecified atom stereocenters. The van der Waals surface area contributed by atoms with Gasteiger partial charge >= 0.3 is 0 Å². The Balaban J connectivity index is 2.41. The highest BCUT2D eigenvalue weighted by Gasteiger charge is 2.19. The molecule has 1 heterocycles. The summed E-state index contributed by atoms with van der Waals surface area (Å²) in [5, 5.41) is 8.89. The number of nitriles is 1. The third-order valence-corrected chi connectivity index (χ3v) is 4.18. The number of benzene rings is 1. The molecular formula is C13H10N2O2S. The first kappa shape index (κ1) is 12.3. The van der Waals surface area contributed by atoms with Crippen LogP contribution in [0.15, 0.2) is 53.7 Å². The number of nitrogens with zero attached hydrogens (tertiary/aromatic N) is 2. The summed E-state index contributed by atoms with van der Waals surface area (Å²) in [7, 11) is -3.52. The van der Waals surface area contributed by atoms with Gasteiger partial charge in [-0.05, 0) is 11.6 Å². The Bertz CT molecular complexity index is 688. The van der Waals surface area contributed by atoms with Gasteiger partial charge in [-0.1, -0.05) is 30.3 Å². The molecule has 0 aliphatic rings. The number of aromatic nitrogens is 1. The first-order chi connectivity index (χ1) is 8.63. The van der Waals surface area contributed by atoms with Gasteiger partial charge < -0.3 is 0 Å². The number of pyridine rings is 1. The fraction of sp³-hybridized carbons (Fsp3) is 0.0769. The van der Waals surface area contributed by atoms with Crippen molar-refractivity contribution in [2.45, 2.75) is 10.6 Å². The van der Waals surface area contributed by atoms with Crippen LogP contribution in [0.4, 0.5) is 0 Å². The molecule has 0 radical (unpaired) electrons. The average Bonchev–Trinajstić information content (AvgIpc) is 2.39. The van der Waals surface area contributed by atoms with E-state index in [9.17, 15) is 8.42 Å². The Hall–Kier alpha value is -2.19. The van der Waals surface area contributed by atoms with Crippen LogP contribution >= 0.6 is 0 Å². The van der Waals surface area contributed by atoms with E-state index in [0.29, 0.717) is 5.56 Å². The normalized spacial score (nSPS) is 10.8. The Labute approximate surface area is 105 Å². The zero-order valence-corrected chi connectivity index (χ0v) is 10.3. The van der Waals surface area contributed by atoms with Crippen LogP contribution in [-0.2, 0) is 15.6 Å². The van der Waals surface area contributed by atoms with Gasteiger partial charge in [-0.3, -0.25) is 4.98 Å². The Morgan fingerprint density at radius 1 is 1.17 bits per heavy atom. The van der Waals surface area contributed by atoms with Crippen molar-refractivity contribution in [3.63, 3.8) is 0 Å². The third-order valence-electron chi connectivity index (χ3n) is 2.44. The molecule has 0 amide bonds. The van der Waals surface area contributed by atoms with E-state index in [0.717, 1.165) is 0 Å². The lowest BCUT2D eigenvalue weighted by Gasteiger charge is -2.05. The van der Waals surface area contributed by atoms with Crippen molar-refractivity contribution in [3.8, 4) is 6.07 Å². The maximum atomic E-state index is 12.2. The molecule has 0 bridgehead atoms. The topological polar surface area (TPSA) is 70.8 Å². The summed E-state index contributed by atoms with van der Waals surface area (Å²) in [6.45, 7) is 0. The van der Waals surface area contributed by atoms with E-state index >= 15 is 0 Å². The standard InChI is InChI=1S/C13H10N2O2S/c14-8-12-9-15-7-6-13(12)18(16,17)10-11-4-2-1-3-5-11/h1-7,9H,10H2. The van der Waals surface area contributed by atoms with Gasteiger partial charge in [0, 0.05) is 12.4 Å². The van der Waals surface area contributed by atoms with Crippen LogP contribution in [0.1, 0.15) is 11.1 Å². The summed E-state index contributed by atoms with van der Waals surface area (Å²) in [5.74, 6) is -0.119. The van der Waals surface area contributed by atoms with Crippen LogP contribution in [0, 0.1) is 11.3 Å². The zero-order valence-electron chi connectivity index (χ0n) is 9.45. The summed E-state index contributed by atoms with van der Waals surface area (Å²) in [5.41, 5.74) is 0.770. The summed E-state index contributed by atoms with van der Waals surface area (Å²) in [6.07, 6.45) is 2.64. The molecular weight excluding hydrogens is 248 g/mol. The first-order valence-electron chi connectivity index (χ1n) is 5.24. The number of hydrogen-bond acceptors (Lipinski definition) is 4. The largest absolute Gasteiger partial charge is 0.263 e. The molecule has 0 spiro atoms. The quantitative estimate of drug-likeness (QED) is 0.843. The lowest BCUT2D eigenvalue weighted by molar-refractivity contribution is 0.595. The molecule has 0 atom stereocenters. The van der Waals surface area contributed by atoms with E-state index in [1.165, 1.54) is 18.5 Å².